The van der Waals surface area contributed by atoms with Crippen LogP contribution in [0, 0.1) is 5.41 Å². The first-order chi connectivity index (χ1) is 9.70. The van der Waals surface area contributed by atoms with Crippen LogP contribution < -0.4 is 0 Å². The minimum absolute atomic E-state index is 0.0995. The Morgan fingerprint density at radius 1 is 1.40 bits per heavy atom. The molecule has 0 saturated carbocycles. The zero-order valence-corrected chi connectivity index (χ0v) is 13.7. The summed E-state index contributed by atoms with van der Waals surface area (Å²) < 4.78 is 0. The number of thioether (sulfide) groups is 1. The number of allylic oxidation sites excluding steroid dienone is 4. The van der Waals surface area contributed by atoms with E-state index in [0.717, 1.165) is 30.8 Å². The number of aliphatic hydroxyl groups is 1. The highest BCUT2D eigenvalue weighted by atomic mass is 32.2. The highest BCUT2D eigenvalue weighted by Crippen LogP contribution is 2.25. The molecule has 1 aliphatic carbocycles. The van der Waals surface area contributed by atoms with Gasteiger partial charge in [-0.2, -0.15) is 11.8 Å². The summed E-state index contributed by atoms with van der Waals surface area (Å²) in [5.41, 5.74) is 0.0995. The summed E-state index contributed by atoms with van der Waals surface area (Å²) in [5, 5.41) is 8.77. The molecule has 0 aromatic heterocycles. The van der Waals surface area contributed by atoms with E-state index in [0.29, 0.717) is 12.6 Å². The van der Waals surface area contributed by atoms with E-state index in [4.69, 9.17) is 10.1 Å². The topological polar surface area (TPSA) is 32.6 Å². The van der Waals surface area contributed by atoms with Gasteiger partial charge in [0, 0.05) is 24.0 Å². The van der Waals surface area contributed by atoms with Crippen LogP contribution >= 0.6 is 11.8 Å². The zero-order chi connectivity index (χ0) is 14.7. The molecule has 0 amide bonds. The van der Waals surface area contributed by atoms with E-state index in [1.165, 1.54) is 12.8 Å². The molecule has 1 N–H and O–H groups in total. The molecule has 1 rings (SSSR count). The number of aliphatic hydroxyl groups excluding tert-OH is 1. The molecule has 0 radical (unpaired) electrons. The number of rotatable bonds is 10. The van der Waals surface area contributed by atoms with Crippen LogP contribution in [0.1, 0.15) is 46.0 Å². The second-order valence-corrected chi connectivity index (χ2v) is 6.87. The Balaban J connectivity index is 2.37. The molecule has 20 heavy (non-hydrogen) atoms. The van der Waals surface area contributed by atoms with Crippen molar-refractivity contribution in [1.29, 1.82) is 0 Å². The maximum absolute atomic E-state index is 8.77. The van der Waals surface area contributed by atoms with Crippen LogP contribution in [-0.2, 0) is 0 Å². The summed E-state index contributed by atoms with van der Waals surface area (Å²) >= 11 is 1.97. The van der Waals surface area contributed by atoms with Crippen LogP contribution in [0.4, 0.5) is 0 Å². The summed E-state index contributed by atoms with van der Waals surface area (Å²) in [6.07, 6.45) is 16.3. The van der Waals surface area contributed by atoms with Gasteiger partial charge in [-0.3, -0.25) is 4.99 Å². The fourth-order valence-corrected chi connectivity index (χ4v) is 3.28. The number of unbranched alkanes of at least 4 members (excludes halogenated alkanes) is 1. The molecule has 0 aliphatic heterocycles. The molecule has 0 bridgehead atoms. The number of hydrogen-bond donors (Lipinski definition) is 1. The second kappa shape index (κ2) is 10.2. The molecule has 0 aromatic carbocycles. The molecule has 0 saturated heterocycles. The quantitative estimate of drug-likeness (QED) is 0.482. The van der Waals surface area contributed by atoms with Gasteiger partial charge in [-0.15, -0.1) is 0 Å². The molecule has 0 aromatic rings. The molecule has 2 unspecified atom stereocenters. The smallest absolute Gasteiger partial charge is 0.0586 e. The zero-order valence-electron chi connectivity index (χ0n) is 12.9. The van der Waals surface area contributed by atoms with Gasteiger partial charge in [-0.1, -0.05) is 44.6 Å². The molecule has 0 heterocycles. The minimum atomic E-state index is 0.0995. The average Bonchev–Trinajstić information content (AvgIpc) is 2.45. The first-order valence-corrected chi connectivity index (χ1v) is 8.93. The Bertz CT molecular complexity index is 338. The van der Waals surface area contributed by atoms with Crippen LogP contribution in [0.3, 0.4) is 0 Å². The Kier molecular flexibility index (Phi) is 8.95. The van der Waals surface area contributed by atoms with E-state index in [-0.39, 0.29) is 5.41 Å². The third-order valence-corrected chi connectivity index (χ3v) is 4.69. The molecule has 0 spiro atoms. The van der Waals surface area contributed by atoms with Crippen LogP contribution in [0.25, 0.3) is 0 Å². The molecule has 2 nitrogen and oxygen atoms in total. The van der Waals surface area contributed by atoms with Crippen molar-refractivity contribution in [1.82, 2.24) is 0 Å². The molecule has 1 aliphatic rings. The highest BCUT2D eigenvalue weighted by Gasteiger charge is 2.18. The molecule has 0 fully saturated rings. The Morgan fingerprint density at radius 3 is 2.90 bits per heavy atom. The van der Waals surface area contributed by atoms with E-state index in [1.54, 1.807) is 0 Å². The Hall–Kier alpha value is -0.540. The first kappa shape index (κ1) is 17.5. The van der Waals surface area contributed by atoms with Gasteiger partial charge in [-0.05, 0) is 31.4 Å². The van der Waals surface area contributed by atoms with Gasteiger partial charge < -0.3 is 5.11 Å². The maximum Gasteiger partial charge on any atom is 0.0586 e. The van der Waals surface area contributed by atoms with Crippen molar-refractivity contribution in [3.05, 3.63) is 24.3 Å². The van der Waals surface area contributed by atoms with Gasteiger partial charge in [0.1, 0.15) is 0 Å². The van der Waals surface area contributed by atoms with Gasteiger partial charge in [-0.25, -0.2) is 0 Å². The van der Waals surface area contributed by atoms with Crippen molar-refractivity contribution in [2.45, 2.75) is 52.0 Å². The predicted molar refractivity (Wildman–Crippen MR) is 91.8 cm³/mol. The third kappa shape index (κ3) is 7.30. The Morgan fingerprint density at radius 2 is 2.25 bits per heavy atom. The normalized spacial score (nSPS) is 23.6. The largest absolute Gasteiger partial charge is 0.396 e. The molecule has 114 valence electrons. The summed E-state index contributed by atoms with van der Waals surface area (Å²) in [6, 6.07) is 0.440. The van der Waals surface area contributed by atoms with Crippen LogP contribution in [0.15, 0.2) is 29.3 Å². The van der Waals surface area contributed by atoms with Crippen molar-refractivity contribution < 1.29 is 5.11 Å². The van der Waals surface area contributed by atoms with E-state index >= 15 is 0 Å². The average molecular weight is 295 g/mol. The van der Waals surface area contributed by atoms with Crippen molar-refractivity contribution >= 4 is 18.0 Å². The fraction of sp³-hybridized carbons (Fsp3) is 0.706. The summed E-state index contributed by atoms with van der Waals surface area (Å²) in [6.45, 7) is 4.78. The minimum Gasteiger partial charge on any atom is -0.396 e. The van der Waals surface area contributed by atoms with E-state index in [1.807, 2.05) is 11.8 Å². The summed E-state index contributed by atoms with van der Waals surface area (Å²) in [5.74, 6) is 2.24. The Labute approximate surface area is 128 Å². The van der Waals surface area contributed by atoms with Crippen LogP contribution in [0.5, 0.6) is 0 Å². The van der Waals surface area contributed by atoms with Crippen molar-refractivity contribution in [3.63, 3.8) is 0 Å². The van der Waals surface area contributed by atoms with Crippen LogP contribution in [-0.4, -0.2) is 35.5 Å². The first-order valence-electron chi connectivity index (χ1n) is 7.77. The summed E-state index contributed by atoms with van der Waals surface area (Å²) in [4.78, 5) is 4.85. The van der Waals surface area contributed by atoms with Gasteiger partial charge in [0.2, 0.25) is 0 Å². The van der Waals surface area contributed by atoms with Gasteiger partial charge in [0.05, 0.1) is 6.04 Å². The lowest BCUT2D eigenvalue weighted by molar-refractivity contribution is 0.287. The van der Waals surface area contributed by atoms with Crippen molar-refractivity contribution in [2.75, 3.05) is 18.1 Å². The lowest BCUT2D eigenvalue weighted by Gasteiger charge is -2.22. The van der Waals surface area contributed by atoms with E-state index < -0.39 is 0 Å². The third-order valence-electron chi connectivity index (χ3n) is 3.49. The van der Waals surface area contributed by atoms with Crippen molar-refractivity contribution in [2.24, 2.45) is 10.4 Å². The molecule has 2 atom stereocenters. The second-order valence-electron chi connectivity index (χ2n) is 5.72. The standard InChI is InChI=1S/C17H29NOS/c1-3-9-16(14-20-13-8-7-12-19)18-15-17(2)10-5-4-6-11-17/h4-6,10,15-16,19H,3,7-9,11-14H2,1-2H3. The molecule has 3 heteroatoms. The van der Waals surface area contributed by atoms with E-state index in [2.05, 4.69) is 44.4 Å². The van der Waals surface area contributed by atoms with Crippen LogP contribution in [0.2, 0.25) is 0 Å². The van der Waals surface area contributed by atoms with Gasteiger partial charge in [0.25, 0.3) is 0 Å². The molecular formula is C17H29NOS. The lowest BCUT2D eigenvalue weighted by Crippen LogP contribution is -2.18. The van der Waals surface area contributed by atoms with Gasteiger partial charge in [0.15, 0.2) is 0 Å². The predicted octanol–water partition coefficient (Wildman–Crippen LogP) is 4.25. The van der Waals surface area contributed by atoms with Gasteiger partial charge >= 0.3 is 0 Å². The number of aliphatic imine (C=N–C) groups is 1. The monoisotopic (exact) mass is 295 g/mol. The number of hydrogen-bond acceptors (Lipinski definition) is 3. The fourth-order valence-electron chi connectivity index (χ4n) is 2.18. The maximum atomic E-state index is 8.77. The summed E-state index contributed by atoms with van der Waals surface area (Å²) in [7, 11) is 0. The lowest BCUT2D eigenvalue weighted by atomic mass is 9.85. The SMILES string of the molecule is CCCC(CSCCCCO)N=CC1(C)C=CC=CC1. The number of nitrogens with zero attached hydrogens (tertiary/aromatic N) is 1. The molecular weight excluding hydrogens is 266 g/mol. The van der Waals surface area contributed by atoms with E-state index in [9.17, 15) is 0 Å². The van der Waals surface area contributed by atoms with Crippen molar-refractivity contribution in [3.8, 4) is 0 Å². The highest BCUT2D eigenvalue weighted by molar-refractivity contribution is 7.99.